The number of nitrogens with one attached hydrogen (secondary N) is 1. The van der Waals surface area contributed by atoms with Crippen molar-refractivity contribution in [2.45, 2.75) is 38.3 Å². The van der Waals surface area contributed by atoms with Crippen molar-refractivity contribution in [3.63, 3.8) is 0 Å². The number of hydrogen-bond acceptors (Lipinski definition) is 5. The molecule has 0 saturated carbocycles. The number of fused-ring (bicyclic) bond motifs is 1. The molecular weight excluding hydrogens is 258 g/mol. The molecule has 102 valence electrons. The lowest BCUT2D eigenvalue weighted by Gasteiger charge is -2.36. The zero-order valence-electron chi connectivity index (χ0n) is 11.3. The van der Waals surface area contributed by atoms with E-state index in [1.165, 1.54) is 0 Å². The van der Waals surface area contributed by atoms with Crippen LogP contribution >= 0.6 is 11.3 Å². The molecule has 5 heteroatoms. The van der Waals surface area contributed by atoms with Crippen LogP contribution in [0.1, 0.15) is 26.7 Å². The topological polar surface area (TPSA) is 60.2 Å². The molecule has 1 atom stereocenters. The molecule has 1 unspecified atom stereocenters. The fraction of sp³-hybridized carbons (Fsp3) is 0.500. The first-order chi connectivity index (χ1) is 9.05. The third-order valence-corrected chi connectivity index (χ3v) is 4.39. The highest BCUT2D eigenvalue weighted by molar-refractivity contribution is 7.16. The van der Waals surface area contributed by atoms with E-state index in [1.807, 2.05) is 5.51 Å². The van der Waals surface area contributed by atoms with Crippen LogP contribution in [0, 0.1) is 0 Å². The maximum absolute atomic E-state index is 6.20. The highest BCUT2D eigenvalue weighted by Gasteiger charge is 2.29. The number of aromatic nitrogens is 1. The Bertz CT molecular complexity index is 593. The number of anilines is 2. The zero-order chi connectivity index (χ0) is 13.5. The Morgan fingerprint density at radius 3 is 3.11 bits per heavy atom. The minimum absolute atomic E-state index is 0.0601. The molecule has 1 aliphatic rings. The molecule has 2 heterocycles. The van der Waals surface area contributed by atoms with Crippen molar-refractivity contribution < 1.29 is 4.74 Å². The second-order valence-corrected chi connectivity index (χ2v) is 6.55. The van der Waals surface area contributed by atoms with Crippen molar-refractivity contribution in [1.82, 2.24) is 4.98 Å². The van der Waals surface area contributed by atoms with Gasteiger partial charge in [0.25, 0.3) is 0 Å². The Kier molecular flexibility index (Phi) is 3.11. The number of benzene rings is 1. The molecule has 4 nitrogen and oxygen atoms in total. The molecule has 3 rings (SSSR count). The van der Waals surface area contributed by atoms with Gasteiger partial charge in [-0.3, -0.25) is 0 Å². The van der Waals surface area contributed by atoms with Gasteiger partial charge in [0.15, 0.2) is 0 Å². The van der Waals surface area contributed by atoms with Gasteiger partial charge in [0, 0.05) is 12.6 Å². The molecule has 1 fully saturated rings. The number of nitrogens with zero attached hydrogens (tertiary/aromatic N) is 1. The van der Waals surface area contributed by atoms with Crippen LogP contribution in [0.4, 0.5) is 11.4 Å². The molecule has 0 aliphatic carbocycles. The molecule has 0 radical (unpaired) electrons. The largest absolute Gasteiger partial charge is 0.395 e. The number of ether oxygens (including phenoxy) is 1. The maximum atomic E-state index is 6.20. The lowest BCUT2D eigenvalue weighted by molar-refractivity contribution is -0.0553. The summed E-state index contributed by atoms with van der Waals surface area (Å²) in [6.07, 6.45) is 2.00. The summed E-state index contributed by atoms with van der Waals surface area (Å²) in [5, 5.41) is 3.55. The minimum atomic E-state index is -0.0601. The lowest BCUT2D eigenvalue weighted by Crippen LogP contribution is -2.40. The van der Waals surface area contributed by atoms with Gasteiger partial charge >= 0.3 is 0 Å². The predicted molar refractivity (Wildman–Crippen MR) is 80.7 cm³/mol. The van der Waals surface area contributed by atoms with Crippen molar-refractivity contribution in [2.75, 3.05) is 17.7 Å². The SMILES string of the molecule is CC1(C)CC(Nc2ccc3scnc3c2N)CCO1. The molecule has 0 amide bonds. The summed E-state index contributed by atoms with van der Waals surface area (Å²) in [5.74, 6) is 0. The monoisotopic (exact) mass is 277 g/mol. The van der Waals surface area contributed by atoms with E-state index in [9.17, 15) is 0 Å². The summed E-state index contributed by atoms with van der Waals surface area (Å²) in [6.45, 7) is 5.06. The number of thiazole rings is 1. The quantitative estimate of drug-likeness (QED) is 0.827. The number of hydrogen-bond donors (Lipinski definition) is 2. The smallest absolute Gasteiger partial charge is 0.106 e. The highest BCUT2D eigenvalue weighted by Crippen LogP contribution is 2.32. The Balaban J connectivity index is 1.83. The molecule has 0 bridgehead atoms. The summed E-state index contributed by atoms with van der Waals surface area (Å²) in [5.41, 5.74) is 10.6. The average Bonchev–Trinajstić information content (AvgIpc) is 2.80. The molecule has 3 N–H and O–H groups in total. The van der Waals surface area contributed by atoms with Crippen molar-refractivity contribution in [3.05, 3.63) is 17.6 Å². The molecule has 19 heavy (non-hydrogen) atoms. The second kappa shape index (κ2) is 4.65. The summed E-state index contributed by atoms with van der Waals surface area (Å²) in [6, 6.07) is 4.54. The summed E-state index contributed by atoms with van der Waals surface area (Å²) >= 11 is 1.62. The van der Waals surface area contributed by atoms with Crippen LogP contribution < -0.4 is 11.1 Å². The molecule has 2 aromatic rings. The summed E-state index contributed by atoms with van der Waals surface area (Å²) in [7, 11) is 0. The molecule has 1 saturated heterocycles. The fourth-order valence-electron chi connectivity index (χ4n) is 2.65. The molecule has 1 aromatic heterocycles. The van der Waals surface area contributed by atoms with Crippen molar-refractivity contribution in [1.29, 1.82) is 0 Å². The summed E-state index contributed by atoms with van der Waals surface area (Å²) < 4.78 is 6.87. The minimum Gasteiger partial charge on any atom is -0.395 e. The fourth-order valence-corrected chi connectivity index (χ4v) is 3.35. The number of nitrogens with two attached hydrogens (primary N) is 1. The standard InChI is InChI=1S/C14H19N3OS/c1-14(2)7-9(5-6-18-14)17-10-3-4-11-13(12(10)15)16-8-19-11/h3-4,8-9,17H,5-7,15H2,1-2H3. The zero-order valence-corrected chi connectivity index (χ0v) is 12.1. The van der Waals surface area contributed by atoms with Crippen molar-refractivity contribution in [2.24, 2.45) is 0 Å². The average molecular weight is 277 g/mol. The van der Waals surface area contributed by atoms with Crippen LogP contribution in [0.5, 0.6) is 0 Å². The van der Waals surface area contributed by atoms with Crippen LogP contribution in [-0.4, -0.2) is 23.2 Å². The van der Waals surface area contributed by atoms with Gasteiger partial charge in [-0.25, -0.2) is 4.98 Å². The number of rotatable bonds is 2. The Morgan fingerprint density at radius 1 is 1.47 bits per heavy atom. The van der Waals surface area contributed by atoms with Gasteiger partial charge in [-0.05, 0) is 38.8 Å². The lowest BCUT2D eigenvalue weighted by atomic mass is 9.93. The van der Waals surface area contributed by atoms with E-state index in [0.717, 1.165) is 41.0 Å². The first-order valence-electron chi connectivity index (χ1n) is 6.57. The summed E-state index contributed by atoms with van der Waals surface area (Å²) in [4.78, 5) is 4.33. The first kappa shape index (κ1) is 12.7. The third-order valence-electron chi connectivity index (χ3n) is 3.60. The predicted octanol–water partition coefficient (Wildman–Crippen LogP) is 3.25. The molecule has 0 spiro atoms. The van der Waals surface area contributed by atoms with E-state index in [0.29, 0.717) is 6.04 Å². The van der Waals surface area contributed by atoms with Crippen LogP contribution in [0.25, 0.3) is 10.2 Å². The second-order valence-electron chi connectivity index (χ2n) is 5.67. The highest BCUT2D eigenvalue weighted by atomic mass is 32.1. The normalized spacial score (nSPS) is 22.5. The maximum Gasteiger partial charge on any atom is 0.106 e. The van der Waals surface area contributed by atoms with Gasteiger partial charge in [0.1, 0.15) is 5.52 Å². The van der Waals surface area contributed by atoms with E-state index in [-0.39, 0.29) is 5.60 Å². The van der Waals surface area contributed by atoms with Gasteiger partial charge in [-0.2, -0.15) is 0 Å². The van der Waals surface area contributed by atoms with Gasteiger partial charge in [-0.1, -0.05) is 0 Å². The third kappa shape index (κ3) is 2.53. The van der Waals surface area contributed by atoms with E-state index in [4.69, 9.17) is 10.5 Å². The van der Waals surface area contributed by atoms with Crippen LogP contribution in [0.15, 0.2) is 17.6 Å². The molecule has 1 aromatic carbocycles. The first-order valence-corrected chi connectivity index (χ1v) is 7.45. The molecule has 1 aliphatic heterocycles. The van der Waals surface area contributed by atoms with E-state index < -0.39 is 0 Å². The van der Waals surface area contributed by atoms with Crippen molar-refractivity contribution >= 4 is 32.9 Å². The van der Waals surface area contributed by atoms with E-state index in [2.05, 4.69) is 36.3 Å². The van der Waals surface area contributed by atoms with Crippen molar-refractivity contribution in [3.8, 4) is 0 Å². The number of nitrogen functional groups attached to an aromatic ring is 1. The van der Waals surface area contributed by atoms with Gasteiger partial charge < -0.3 is 15.8 Å². The van der Waals surface area contributed by atoms with Crippen LogP contribution in [0.2, 0.25) is 0 Å². The van der Waals surface area contributed by atoms with Gasteiger partial charge in [-0.15, -0.1) is 11.3 Å². The van der Waals surface area contributed by atoms with Gasteiger partial charge in [0.2, 0.25) is 0 Å². The Hall–Kier alpha value is -1.33. The Labute approximate surface area is 117 Å². The van der Waals surface area contributed by atoms with Crippen LogP contribution in [-0.2, 0) is 4.74 Å². The molecular formula is C14H19N3OS. The van der Waals surface area contributed by atoms with E-state index in [1.54, 1.807) is 11.3 Å². The van der Waals surface area contributed by atoms with E-state index >= 15 is 0 Å². The van der Waals surface area contributed by atoms with Gasteiger partial charge in [0.05, 0.1) is 27.2 Å². The van der Waals surface area contributed by atoms with Crippen LogP contribution in [0.3, 0.4) is 0 Å². The Morgan fingerprint density at radius 2 is 2.32 bits per heavy atom.